The molecule has 0 aliphatic carbocycles. The zero-order valence-corrected chi connectivity index (χ0v) is 13.2. The van der Waals surface area contributed by atoms with Gasteiger partial charge in [-0.05, 0) is 34.5 Å². The van der Waals surface area contributed by atoms with Gasteiger partial charge in [0.15, 0.2) is 0 Å². The van der Waals surface area contributed by atoms with Gasteiger partial charge in [-0.1, -0.05) is 36.4 Å². The topological polar surface area (TPSA) is 82.6 Å². The summed E-state index contributed by atoms with van der Waals surface area (Å²) in [5, 5.41) is 27.3. The van der Waals surface area contributed by atoms with Gasteiger partial charge in [-0.2, -0.15) is 5.10 Å². The first-order valence-electron chi connectivity index (χ1n) is 7.80. The number of benzene rings is 3. The maximum absolute atomic E-state index is 10.8. The highest BCUT2D eigenvalue weighted by atomic mass is 16.6. The lowest BCUT2D eigenvalue weighted by Gasteiger charge is -2.13. The number of hydrazone groups is 1. The molecule has 0 saturated carbocycles. The highest BCUT2D eigenvalue weighted by Gasteiger charge is 2.23. The van der Waals surface area contributed by atoms with Gasteiger partial charge in [-0.25, -0.2) is 5.01 Å². The quantitative estimate of drug-likeness (QED) is 0.573. The summed E-state index contributed by atoms with van der Waals surface area (Å²) < 4.78 is 0. The van der Waals surface area contributed by atoms with Crippen molar-refractivity contribution in [2.75, 3.05) is 5.01 Å². The molecule has 0 fully saturated rings. The molecule has 3 aromatic carbocycles. The Kier molecular flexibility index (Phi) is 3.50. The molecule has 1 heterocycles. The summed E-state index contributed by atoms with van der Waals surface area (Å²) >= 11 is 0. The molecule has 6 heteroatoms. The first kappa shape index (κ1) is 15.0. The van der Waals surface area contributed by atoms with E-state index in [9.17, 15) is 10.1 Å². The van der Waals surface area contributed by atoms with Crippen LogP contribution in [0.5, 0.6) is 0 Å². The van der Waals surface area contributed by atoms with Crippen LogP contribution in [-0.4, -0.2) is 16.5 Å². The molecule has 122 valence electrons. The molecule has 3 aromatic rings. The lowest BCUT2D eigenvalue weighted by molar-refractivity contribution is -0.384. The molecule has 0 saturated heterocycles. The molecule has 1 N–H and O–H groups in total. The number of nitro benzene ring substituents is 1. The molecule has 4 rings (SSSR count). The van der Waals surface area contributed by atoms with E-state index < -0.39 is 4.92 Å². The van der Waals surface area contributed by atoms with Crippen LogP contribution in [0.25, 0.3) is 10.8 Å². The number of anilines is 1. The Labute approximate surface area is 143 Å². The van der Waals surface area contributed by atoms with Crippen molar-refractivity contribution in [1.82, 2.24) is 0 Å². The van der Waals surface area contributed by atoms with E-state index >= 15 is 0 Å². The van der Waals surface area contributed by atoms with E-state index in [1.165, 1.54) is 17.1 Å². The van der Waals surface area contributed by atoms with Crippen molar-refractivity contribution >= 4 is 33.7 Å². The van der Waals surface area contributed by atoms with Crippen LogP contribution in [0.15, 0.2) is 71.8 Å². The fraction of sp³-hybridized carbons (Fsp3) is 0.0526. The van der Waals surface area contributed by atoms with E-state index in [1.807, 2.05) is 30.3 Å². The van der Waals surface area contributed by atoms with Gasteiger partial charge in [0.05, 0.1) is 22.7 Å². The largest absolute Gasteiger partial charge is 0.286 e. The Bertz CT molecular complexity index is 1030. The van der Waals surface area contributed by atoms with Crippen molar-refractivity contribution < 1.29 is 4.92 Å². The minimum atomic E-state index is -0.442. The minimum Gasteiger partial charge on any atom is -0.286 e. The van der Waals surface area contributed by atoms with E-state index in [0.29, 0.717) is 17.9 Å². The maximum atomic E-state index is 10.8. The number of amidine groups is 1. The van der Waals surface area contributed by atoms with Crippen LogP contribution in [0.3, 0.4) is 0 Å². The fourth-order valence-electron chi connectivity index (χ4n) is 2.91. The Morgan fingerprint density at radius 2 is 1.72 bits per heavy atom. The molecule has 0 spiro atoms. The smallest absolute Gasteiger partial charge is 0.269 e. The third-order valence-electron chi connectivity index (χ3n) is 4.20. The van der Waals surface area contributed by atoms with Gasteiger partial charge < -0.3 is 0 Å². The second-order valence-electron chi connectivity index (χ2n) is 5.82. The van der Waals surface area contributed by atoms with Crippen molar-refractivity contribution in [1.29, 1.82) is 5.41 Å². The number of hydrogen-bond acceptors (Lipinski definition) is 4. The summed E-state index contributed by atoms with van der Waals surface area (Å²) in [4.78, 5) is 10.3. The van der Waals surface area contributed by atoms with Gasteiger partial charge in [0.2, 0.25) is 0 Å². The van der Waals surface area contributed by atoms with Crippen LogP contribution in [-0.2, 0) is 0 Å². The predicted molar refractivity (Wildman–Crippen MR) is 98.4 cm³/mol. The maximum Gasteiger partial charge on any atom is 0.269 e. The van der Waals surface area contributed by atoms with Gasteiger partial charge in [0, 0.05) is 12.1 Å². The summed E-state index contributed by atoms with van der Waals surface area (Å²) in [6.45, 7) is 0. The Hall–Kier alpha value is -3.54. The summed E-state index contributed by atoms with van der Waals surface area (Å²) in [6, 6.07) is 20.3. The van der Waals surface area contributed by atoms with Gasteiger partial charge in [-0.15, -0.1) is 0 Å². The summed E-state index contributed by atoms with van der Waals surface area (Å²) in [5.74, 6) is 0.344. The normalized spacial score (nSPS) is 14.0. The van der Waals surface area contributed by atoms with E-state index in [-0.39, 0.29) is 5.69 Å². The third-order valence-corrected chi connectivity index (χ3v) is 4.20. The number of fused-ring (bicyclic) bond motifs is 1. The van der Waals surface area contributed by atoms with Crippen LogP contribution in [0.2, 0.25) is 0 Å². The lowest BCUT2D eigenvalue weighted by Crippen LogP contribution is -2.18. The standard InChI is InChI=1S/C19H14N4O2/c20-19-12-18(15-6-5-13-3-1-2-4-14(13)11-15)21-22(19)16-7-9-17(10-8-16)23(24)25/h1-11,20H,12H2. The molecular formula is C19H14N4O2. The number of nitro groups is 1. The number of nitrogens with zero attached hydrogens (tertiary/aromatic N) is 3. The van der Waals surface area contributed by atoms with Crippen LogP contribution in [0.1, 0.15) is 12.0 Å². The van der Waals surface area contributed by atoms with Crippen LogP contribution in [0, 0.1) is 15.5 Å². The van der Waals surface area contributed by atoms with Crippen molar-refractivity contribution in [2.24, 2.45) is 5.10 Å². The molecule has 0 atom stereocenters. The molecule has 1 aliphatic heterocycles. The second-order valence-corrected chi connectivity index (χ2v) is 5.82. The van der Waals surface area contributed by atoms with Gasteiger partial charge in [-0.3, -0.25) is 15.5 Å². The van der Waals surface area contributed by atoms with Crippen molar-refractivity contribution in [2.45, 2.75) is 6.42 Å². The van der Waals surface area contributed by atoms with E-state index in [1.54, 1.807) is 12.1 Å². The molecule has 0 aromatic heterocycles. The highest BCUT2D eigenvalue weighted by Crippen LogP contribution is 2.26. The van der Waals surface area contributed by atoms with Crippen LogP contribution < -0.4 is 5.01 Å². The number of non-ortho nitro benzene ring substituents is 1. The first-order valence-corrected chi connectivity index (χ1v) is 7.80. The highest BCUT2D eigenvalue weighted by molar-refractivity contribution is 6.20. The van der Waals surface area contributed by atoms with Crippen molar-refractivity contribution in [3.05, 3.63) is 82.4 Å². The van der Waals surface area contributed by atoms with E-state index in [4.69, 9.17) is 5.41 Å². The summed E-state index contributed by atoms with van der Waals surface area (Å²) in [7, 11) is 0. The molecule has 0 amide bonds. The van der Waals surface area contributed by atoms with Crippen LogP contribution >= 0.6 is 0 Å². The number of hydrogen-bond donors (Lipinski definition) is 1. The van der Waals surface area contributed by atoms with Crippen molar-refractivity contribution in [3.63, 3.8) is 0 Å². The van der Waals surface area contributed by atoms with Crippen molar-refractivity contribution in [3.8, 4) is 0 Å². The summed E-state index contributed by atoms with van der Waals surface area (Å²) in [5.41, 5.74) is 2.46. The summed E-state index contributed by atoms with van der Waals surface area (Å²) in [6.07, 6.45) is 0.426. The van der Waals surface area contributed by atoms with Gasteiger partial charge in [0.1, 0.15) is 5.84 Å². The lowest BCUT2D eigenvalue weighted by atomic mass is 10.0. The number of nitrogens with one attached hydrogen (secondary N) is 1. The number of rotatable bonds is 3. The second kappa shape index (κ2) is 5.83. The monoisotopic (exact) mass is 330 g/mol. The minimum absolute atomic E-state index is 0.0215. The molecular weight excluding hydrogens is 316 g/mol. The van der Waals surface area contributed by atoms with E-state index in [0.717, 1.165) is 22.0 Å². The van der Waals surface area contributed by atoms with Crippen LogP contribution in [0.4, 0.5) is 11.4 Å². The SMILES string of the molecule is N=C1CC(c2ccc3ccccc3c2)=NN1c1ccc([N+](=O)[O-])cc1. The average Bonchev–Trinajstić information content (AvgIpc) is 3.03. The van der Waals surface area contributed by atoms with E-state index in [2.05, 4.69) is 17.2 Å². The molecule has 0 bridgehead atoms. The zero-order chi connectivity index (χ0) is 17.4. The molecule has 6 nitrogen and oxygen atoms in total. The Morgan fingerprint density at radius 1 is 1.00 bits per heavy atom. The molecule has 0 radical (unpaired) electrons. The predicted octanol–water partition coefficient (Wildman–Crippen LogP) is 4.34. The Morgan fingerprint density at radius 3 is 2.44 bits per heavy atom. The van der Waals surface area contributed by atoms with Gasteiger partial charge >= 0.3 is 0 Å². The molecule has 0 unspecified atom stereocenters. The molecule has 25 heavy (non-hydrogen) atoms. The first-order chi connectivity index (χ1) is 12.1. The third kappa shape index (κ3) is 2.74. The fourth-order valence-corrected chi connectivity index (χ4v) is 2.91. The van der Waals surface area contributed by atoms with Gasteiger partial charge in [0.25, 0.3) is 5.69 Å². The Balaban J connectivity index is 1.68. The molecule has 1 aliphatic rings. The average molecular weight is 330 g/mol. The zero-order valence-electron chi connectivity index (χ0n) is 13.2.